The zero-order valence-corrected chi connectivity index (χ0v) is 16.9. The van der Waals surface area contributed by atoms with Crippen molar-refractivity contribution in [1.29, 1.82) is 0 Å². The van der Waals surface area contributed by atoms with Gasteiger partial charge in [-0.05, 0) is 49.4 Å². The van der Waals surface area contributed by atoms with E-state index in [0.29, 0.717) is 17.1 Å². The van der Waals surface area contributed by atoms with Crippen LogP contribution in [0.4, 0.5) is 0 Å². The third-order valence-electron chi connectivity index (χ3n) is 4.49. The fraction of sp³-hybridized carbons (Fsp3) is 0.167. The summed E-state index contributed by atoms with van der Waals surface area (Å²) in [5, 5.41) is 5.49. The highest BCUT2D eigenvalue weighted by Gasteiger charge is 2.14. The summed E-state index contributed by atoms with van der Waals surface area (Å²) < 4.78 is 11.0. The minimum Gasteiger partial charge on any atom is -0.496 e. The molecule has 2 N–H and O–H groups in total. The average Bonchev–Trinajstić information content (AvgIpc) is 2.78. The summed E-state index contributed by atoms with van der Waals surface area (Å²) >= 11 is 0. The van der Waals surface area contributed by atoms with E-state index < -0.39 is 0 Å². The van der Waals surface area contributed by atoms with Crippen LogP contribution in [-0.2, 0) is 4.79 Å². The maximum absolute atomic E-state index is 12.3. The van der Waals surface area contributed by atoms with Gasteiger partial charge in [-0.25, -0.2) is 0 Å². The number of hydrogen-bond acceptors (Lipinski definition) is 4. The maximum Gasteiger partial charge on any atom is 0.251 e. The van der Waals surface area contributed by atoms with Crippen molar-refractivity contribution in [3.8, 4) is 17.2 Å². The van der Waals surface area contributed by atoms with E-state index in [4.69, 9.17) is 9.47 Å². The van der Waals surface area contributed by atoms with Crippen LogP contribution in [0, 0.1) is 0 Å². The summed E-state index contributed by atoms with van der Waals surface area (Å²) in [5.74, 6) is 1.43. The number of nitrogens with one attached hydrogen (secondary N) is 2. The van der Waals surface area contributed by atoms with Crippen LogP contribution in [0.15, 0.2) is 78.9 Å². The van der Waals surface area contributed by atoms with Crippen molar-refractivity contribution in [3.63, 3.8) is 0 Å². The molecule has 0 bridgehead atoms. The summed E-state index contributed by atoms with van der Waals surface area (Å²) in [4.78, 5) is 24.6. The number of carbonyl (C=O) groups is 2. The first kappa shape index (κ1) is 20.9. The molecule has 0 spiro atoms. The van der Waals surface area contributed by atoms with Crippen molar-refractivity contribution >= 4 is 11.8 Å². The zero-order valence-electron chi connectivity index (χ0n) is 16.9. The Morgan fingerprint density at radius 2 is 1.50 bits per heavy atom. The Labute approximate surface area is 175 Å². The fourth-order valence-corrected chi connectivity index (χ4v) is 2.96. The predicted molar refractivity (Wildman–Crippen MR) is 115 cm³/mol. The molecule has 0 aliphatic carbocycles. The van der Waals surface area contributed by atoms with E-state index in [-0.39, 0.29) is 24.4 Å². The minimum absolute atomic E-state index is 0.124. The molecular weight excluding hydrogens is 380 g/mol. The van der Waals surface area contributed by atoms with Gasteiger partial charge in [-0.1, -0.05) is 36.4 Å². The Morgan fingerprint density at radius 1 is 0.867 bits per heavy atom. The molecule has 1 atom stereocenters. The van der Waals surface area contributed by atoms with E-state index >= 15 is 0 Å². The molecule has 0 radical (unpaired) electrons. The van der Waals surface area contributed by atoms with Crippen LogP contribution in [0.5, 0.6) is 17.2 Å². The molecule has 0 aromatic heterocycles. The van der Waals surface area contributed by atoms with Gasteiger partial charge in [0.2, 0.25) is 5.91 Å². The summed E-state index contributed by atoms with van der Waals surface area (Å²) in [5.41, 5.74) is 1.31. The van der Waals surface area contributed by atoms with Gasteiger partial charge < -0.3 is 20.1 Å². The van der Waals surface area contributed by atoms with Crippen molar-refractivity contribution in [2.75, 3.05) is 13.7 Å². The van der Waals surface area contributed by atoms with Gasteiger partial charge in [0, 0.05) is 11.1 Å². The van der Waals surface area contributed by atoms with Crippen LogP contribution in [0.3, 0.4) is 0 Å². The standard InChI is InChI=1S/C24H24N2O4/c1-17(21-10-6-7-11-22(21)29-2)26-23(27)16-25-24(28)18-12-14-20(15-13-18)30-19-8-4-3-5-9-19/h3-15,17H,16H2,1-2H3,(H,25,28)(H,26,27)/t17-/m0/s1. The van der Waals surface area contributed by atoms with Crippen molar-refractivity contribution in [1.82, 2.24) is 10.6 Å². The molecule has 0 fully saturated rings. The van der Waals surface area contributed by atoms with Gasteiger partial charge in [0.25, 0.3) is 5.91 Å². The molecular formula is C24H24N2O4. The SMILES string of the molecule is COc1ccccc1[C@H](C)NC(=O)CNC(=O)c1ccc(Oc2ccccc2)cc1. The number of para-hydroxylation sites is 2. The van der Waals surface area contributed by atoms with Crippen molar-refractivity contribution in [2.45, 2.75) is 13.0 Å². The van der Waals surface area contributed by atoms with E-state index in [1.54, 1.807) is 31.4 Å². The number of rotatable bonds is 8. The lowest BCUT2D eigenvalue weighted by Crippen LogP contribution is -2.38. The van der Waals surface area contributed by atoms with Crippen molar-refractivity contribution in [3.05, 3.63) is 90.0 Å². The van der Waals surface area contributed by atoms with Gasteiger partial charge >= 0.3 is 0 Å². The Morgan fingerprint density at radius 3 is 2.20 bits per heavy atom. The summed E-state index contributed by atoms with van der Waals surface area (Å²) in [7, 11) is 1.59. The van der Waals surface area contributed by atoms with Crippen LogP contribution >= 0.6 is 0 Å². The molecule has 2 amide bonds. The maximum atomic E-state index is 12.3. The number of amides is 2. The molecule has 30 heavy (non-hydrogen) atoms. The first-order valence-electron chi connectivity index (χ1n) is 9.60. The second-order valence-corrected chi connectivity index (χ2v) is 6.65. The lowest BCUT2D eigenvalue weighted by atomic mass is 10.1. The molecule has 0 saturated carbocycles. The van der Waals surface area contributed by atoms with Gasteiger partial charge in [-0.3, -0.25) is 9.59 Å². The predicted octanol–water partition coefficient (Wildman–Crippen LogP) is 4.09. The highest BCUT2D eigenvalue weighted by atomic mass is 16.5. The second kappa shape index (κ2) is 10.1. The smallest absolute Gasteiger partial charge is 0.251 e. The third-order valence-corrected chi connectivity index (χ3v) is 4.49. The molecule has 154 valence electrons. The lowest BCUT2D eigenvalue weighted by Gasteiger charge is -2.17. The van der Waals surface area contributed by atoms with Crippen LogP contribution in [0.1, 0.15) is 28.9 Å². The van der Waals surface area contributed by atoms with Gasteiger partial charge in [-0.2, -0.15) is 0 Å². The highest BCUT2D eigenvalue weighted by molar-refractivity contribution is 5.96. The second-order valence-electron chi connectivity index (χ2n) is 6.65. The summed E-state index contributed by atoms with van der Waals surface area (Å²) in [6, 6.07) is 23.4. The minimum atomic E-state index is -0.332. The fourth-order valence-electron chi connectivity index (χ4n) is 2.96. The van der Waals surface area contributed by atoms with E-state index in [9.17, 15) is 9.59 Å². The Kier molecular flexibility index (Phi) is 7.05. The van der Waals surface area contributed by atoms with Crippen LogP contribution in [-0.4, -0.2) is 25.5 Å². The van der Waals surface area contributed by atoms with Gasteiger partial charge in [-0.15, -0.1) is 0 Å². The summed E-state index contributed by atoms with van der Waals surface area (Å²) in [6.45, 7) is 1.74. The molecule has 6 nitrogen and oxygen atoms in total. The number of ether oxygens (including phenoxy) is 2. The Hall–Kier alpha value is -3.80. The molecule has 0 heterocycles. The summed E-state index contributed by atoms with van der Waals surface area (Å²) in [6.07, 6.45) is 0. The number of carbonyl (C=O) groups excluding carboxylic acids is 2. The van der Waals surface area contributed by atoms with Crippen LogP contribution < -0.4 is 20.1 Å². The van der Waals surface area contributed by atoms with Crippen LogP contribution in [0.2, 0.25) is 0 Å². The molecule has 3 rings (SSSR count). The number of benzene rings is 3. The largest absolute Gasteiger partial charge is 0.496 e. The monoisotopic (exact) mass is 404 g/mol. The van der Waals surface area contributed by atoms with Crippen molar-refractivity contribution in [2.24, 2.45) is 0 Å². The molecule has 6 heteroatoms. The van der Waals surface area contributed by atoms with E-state index in [1.807, 2.05) is 61.5 Å². The molecule has 0 unspecified atom stereocenters. The third kappa shape index (κ3) is 5.61. The molecule has 0 saturated heterocycles. The Bertz CT molecular complexity index is 988. The van der Waals surface area contributed by atoms with Crippen molar-refractivity contribution < 1.29 is 19.1 Å². The normalized spacial score (nSPS) is 11.3. The average molecular weight is 404 g/mol. The molecule has 0 aliphatic rings. The van der Waals surface area contributed by atoms with E-state index in [2.05, 4.69) is 10.6 Å². The molecule has 3 aromatic carbocycles. The van der Waals surface area contributed by atoms with E-state index in [1.165, 1.54) is 0 Å². The Balaban J connectivity index is 1.50. The first-order chi connectivity index (χ1) is 14.6. The quantitative estimate of drug-likeness (QED) is 0.593. The topological polar surface area (TPSA) is 76.7 Å². The first-order valence-corrected chi connectivity index (χ1v) is 9.60. The van der Waals surface area contributed by atoms with Gasteiger partial charge in [0.05, 0.1) is 19.7 Å². The number of hydrogen-bond donors (Lipinski definition) is 2. The van der Waals surface area contributed by atoms with E-state index in [0.717, 1.165) is 11.3 Å². The zero-order chi connectivity index (χ0) is 21.3. The molecule has 3 aromatic rings. The van der Waals surface area contributed by atoms with Gasteiger partial charge in [0.15, 0.2) is 0 Å². The highest BCUT2D eigenvalue weighted by Crippen LogP contribution is 2.24. The number of methoxy groups -OCH3 is 1. The lowest BCUT2D eigenvalue weighted by molar-refractivity contribution is -0.120. The van der Waals surface area contributed by atoms with Gasteiger partial charge in [0.1, 0.15) is 17.2 Å². The van der Waals surface area contributed by atoms with Crippen LogP contribution in [0.25, 0.3) is 0 Å². The molecule has 0 aliphatic heterocycles.